The molecule has 190 valence electrons. The van der Waals surface area contributed by atoms with Gasteiger partial charge in [-0.1, -0.05) is 35.9 Å². The second-order valence-corrected chi connectivity index (χ2v) is 9.66. The van der Waals surface area contributed by atoms with Crippen LogP contribution >= 0.6 is 11.6 Å². The Kier molecular flexibility index (Phi) is 6.89. The van der Waals surface area contributed by atoms with Crippen LogP contribution in [0.15, 0.2) is 66.9 Å². The Hall–Kier alpha value is -3.84. The van der Waals surface area contributed by atoms with Crippen molar-refractivity contribution in [3.8, 4) is 5.75 Å². The molecule has 1 aromatic heterocycles. The third-order valence-corrected chi connectivity index (χ3v) is 7.07. The smallest absolute Gasteiger partial charge is 0.341 e. The van der Waals surface area contributed by atoms with Crippen LogP contribution in [-0.2, 0) is 22.6 Å². The number of aliphatic carboxylic acids is 1. The molecule has 0 saturated carbocycles. The Morgan fingerprint density at radius 2 is 1.92 bits per heavy atom. The minimum absolute atomic E-state index is 0.0507. The maximum Gasteiger partial charge on any atom is 0.341 e. The average molecular weight is 521 g/mol. The number of aryl methyl sites for hydroxylation is 2. The summed E-state index contributed by atoms with van der Waals surface area (Å²) in [6, 6.07) is 17.2. The molecule has 4 aromatic rings. The number of hydrogen-bond donors (Lipinski definition) is 1. The number of carbonyl (C=O) groups excluding carboxylic acids is 1. The predicted molar refractivity (Wildman–Crippen MR) is 140 cm³/mol. The Bertz CT molecular complexity index is 1500. The molecule has 0 fully saturated rings. The summed E-state index contributed by atoms with van der Waals surface area (Å²) in [4.78, 5) is 26.7. The molecule has 2 heterocycles. The van der Waals surface area contributed by atoms with E-state index in [4.69, 9.17) is 21.4 Å². The lowest BCUT2D eigenvalue weighted by Crippen LogP contribution is -2.41. The highest BCUT2D eigenvalue weighted by molar-refractivity contribution is 6.30. The predicted octanol–water partition coefficient (Wildman–Crippen LogP) is 5.77. The lowest BCUT2D eigenvalue weighted by Gasteiger charge is -2.38. The molecule has 1 amide bonds. The minimum Gasteiger partial charge on any atom is -0.482 e. The van der Waals surface area contributed by atoms with Crippen molar-refractivity contribution in [2.75, 3.05) is 13.2 Å². The standard InChI is InChI=1S/C29H26ClFN2O4/c1-18-16-32(25-8-7-21(31)15-23(18)25)12-11-27(34)33-13-10-19-4-2-3-5-22(19)29(33)24-14-20(30)6-9-26(24)37-17-28(35)36/h2-9,14-16,29H,10-13,17H2,1H3,(H,35,36). The maximum atomic E-state index is 13.7. The number of rotatable bonds is 7. The van der Waals surface area contributed by atoms with E-state index in [9.17, 15) is 14.0 Å². The lowest BCUT2D eigenvalue weighted by molar-refractivity contribution is -0.139. The summed E-state index contributed by atoms with van der Waals surface area (Å²) in [6.07, 6.45) is 2.88. The van der Waals surface area contributed by atoms with Crippen molar-refractivity contribution in [3.05, 3.63) is 100.0 Å². The number of aromatic nitrogens is 1. The van der Waals surface area contributed by atoms with Crippen molar-refractivity contribution >= 4 is 34.4 Å². The number of ether oxygens (including phenoxy) is 1. The molecule has 1 unspecified atom stereocenters. The third-order valence-electron chi connectivity index (χ3n) is 6.83. The number of carboxylic acid groups (broad SMARTS) is 1. The number of nitrogens with zero attached hydrogens (tertiary/aromatic N) is 2. The van der Waals surface area contributed by atoms with Crippen LogP contribution in [0.4, 0.5) is 4.39 Å². The first-order valence-corrected chi connectivity index (χ1v) is 12.5. The van der Waals surface area contributed by atoms with E-state index < -0.39 is 18.6 Å². The Morgan fingerprint density at radius 3 is 2.73 bits per heavy atom. The van der Waals surface area contributed by atoms with Crippen LogP contribution in [-0.4, -0.2) is 39.6 Å². The number of benzene rings is 3. The summed E-state index contributed by atoms with van der Waals surface area (Å²) >= 11 is 6.36. The van der Waals surface area contributed by atoms with Gasteiger partial charge in [0.25, 0.3) is 0 Å². The molecule has 5 rings (SSSR count). The van der Waals surface area contributed by atoms with E-state index in [0.717, 1.165) is 27.6 Å². The van der Waals surface area contributed by atoms with Crippen LogP contribution in [0, 0.1) is 12.7 Å². The van der Waals surface area contributed by atoms with Crippen LogP contribution in [0.2, 0.25) is 5.02 Å². The number of amides is 1. The number of fused-ring (bicyclic) bond motifs is 2. The summed E-state index contributed by atoms with van der Waals surface area (Å²) < 4.78 is 21.3. The highest BCUT2D eigenvalue weighted by Crippen LogP contribution is 2.41. The first-order valence-electron chi connectivity index (χ1n) is 12.1. The van der Waals surface area contributed by atoms with Crippen molar-refractivity contribution < 1.29 is 23.8 Å². The molecule has 3 aromatic carbocycles. The number of halogens is 2. The van der Waals surface area contributed by atoms with E-state index in [2.05, 4.69) is 0 Å². The van der Waals surface area contributed by atoms with Gasteiger partial charge in [0.05, 0.1) is 6.04 Å². The van der Waals surface area contributed by atoms with Crippen molar-refractivity contribution in [2.24, 2.45) is 0 Å². The van der Waals surface area contributed by atoms with E-state index in [1.165, 1.54) is 12.1 Å². The van der Waals surface area contributed by atoms with Gasteiger partial charge in [-0.2, -0.15) is 0 Å². The summed E-state index contributed by atoms with van der Waals surface area (Å²) in [6.45, 7) is 2.37. The van der Waals surface area contributed by atoms with Crippen molar-refractivity contribution in [1.29, 1.82) is 0 Å². The van der Waals surface area contributed by atoms with Crippen molar-refractivity contribution in [3.63, 3.8) is 0 Å². The topological polar surface area (TPSA) is 71.8 Å². The van der Waals surface area contributed by atoms with E-state index in [1.54, 1.807) is 24.3 Å². The number of hydrogen-bond acceptors (Lipinski definition) is 3. The van der Waals surface area contributed by atoms with E-state index >= 15 is 0 Å². The molecule has 6 nitrogen and oxygen atoms in total. The molecule has 0 radical (unpaired) electrons. The second-order valence-electron chi connectivity index (χ2n) is 9.22. The molecule has 0 bridgehead atoms. The molecule has 1 aliphatic heterocycles. The Morgan fingerprint density at radius 1 is 1.11 bits per heavy atom. The van der Waals surface area contributed by atoms with E-state index in [0.29, 0.717) is 35.8 Å². The van der Waals surface area contributed by atoms with Crippen LogP contribution in [0.25, 0.3) is 10.9 Å². The molecule has 8 heteroatoms. The van der Waals surface area contributed by atoms with Crippen molar-refractivity contribution in [1.82, 2.24) is 9.47 Å². The molecule has 0 aliphatic carbocycles. The van der Waals surface area contributed by atoms with Crippen LogP contribution in [0.1, 0.15) is 34.7 Å². The van der Waals surface area contributed by atoms with Gasteiger partial charge in [0.2, 0.25) is 5.91 Å². The molecular weight excluding hydrogens is 495 g/mol. The average Bonchev–Trinajstić information content (AvgIpc) is 3.20. The minimum atomic E-state index is -1.09. The van der Waals surface area contributed by atoms with E-state index in [-0.39, 0.29) is 18.1 Å². The fourth-order valence-corrected chi connectivity index (χ4v) is 5.35. The van der Waals surface area contributed by atoms with Gasteiger partial charge in [-0.05, 0) is 66.4 Å². The molecule has 0 spiro atoms. The van der Waals surface area contributed by atoms with Gasteiger partial charge in [0.1, 0.15) is 11.6 Å². The maximum absolute atomic E-state index is 13.7. The largest absolute Gasteiger partial charge is 0.482 e. The van der Waals surface area contributed by atoms with Crippen molar-refractivity contribution in [2.45, 2.75) is 32.4 Å². The van der Waals surface area contributed by atoms with Gasteiger partial charge in [-0.25, -0.2) is 9.18 Å². The lowest BCUT2D eigenvalue weighted by atomic mass is 9.87. The Balaban J connectivity index is 1.48. The van der Waals surface area contributed by atoms with Gasteiger partial charge in [0.15, 0.2) is 6.61 Å². The summed E-state index contributed by atoms with van der Waals surface area (Å²) in [7, 11) is 0. The van der Waals surface area contributed by atoms with Gasteiger partial charge >= 0.3 is 5.97 Å². The normalized spacial score (nSPS) is 15.0. The second kappa shape index (κ2) is 10.3. The Labute approximate surface area is 218 Å². The van der Waals surface area contributed by atoms with Gasteiger partial charge in [-0.3, -0.25) is 4.79 Å². The summed E-state index contributed by atoms with van der Waals surface area (Å²) in [5.41, 5.74) is 4.56. The molecule has 1 atom stereocenters. The zero-order chi connectivity index (χ0) is 26.1. The summed E-state index contributed by atoms with van der Waals surface area (Å²) in [5, 5.41) is 10.5. The van der Waals surface area contributed by atoms with Crippen LogP contribution < -0.4 is 4.74 Å². The monoisotopic (exact) mass is 520 g/mol. The third kappa shape index (κ3) is 5.04. The summed E-state index contributed by atoms with van der Waals surface area (Å²) in [5.74, 6) is -1.06. The molecular formula is C29H26ClFN2O4. The highest BCUT2D eigenvalue weighted by Gasteiger charge is 2.34. The van der Waals surface area contributed by atoms with Crippen LogP contribution in [0.5, 0.6) is 5.75 Å². The number of carbonyl (C=O) groups is 2. The molecule has 0 saturated heterocycles. The first-order chi connectivity index (χ1) is 17.8. The molecule has 37 heavy (non-hydrogen) atoms. The van der Waals surface area contributed by atoms with Gasteiger partial charge in [-0.15, -0.1) is 0 Å². The quantitative estimate of drug-likeness (QED) is 0.336. The zero-order valence-electron chi connectivity index (χ0n) is 20.3. The highest BCUT2D eigenvalue weighted by atomic mass is 35.5. The molecule has 1 N–H and O–H groups in total. The zero-order valence-corrected chi connectivity index (χ0v) is 21.0. The fourth-order valence-electron chi connectivity index (χ4n) is 5.17. The first kappa shape index (κ1) is 24.8. The molecule has 1 aliphatic rings. The van der Waals surface area contributed by atoms with Gasteiger partial charge in [0, 0.05) is 47.2 Å². The number of carboxylic acids is 1. The van der Waals surface area contributed by atoms with Gasteiger partial charge < -0.3 is 19.3 Å². The fraction of sp³-hybridized carbons (Fsp3) is 0.241. The van der Waals surface area contributed by atoms with E-state index in [1.807, 2.05) is 46.9 Å². The SMILES string of the molecule is Cc1cn(CCC(=O)N2CCc3ccccc3C2c2cc(Cl)ccc2OCC(=O)O)c2ccc(F)cc12. The van der Waals surface area contributed by atoms with Crippen LogP contribution in [0.3, 0.4) is 0 Å².